The molecule has 4 rings (SSSR count). The predicted molar refractivity (Wildman–Crippen MR) is 118 cm³/mol. The van der Waals surface area contributed by atoms with Gasteiger partial charge in [-0.05, 0) is 34.5 Å². The van der Waals surface area contributed by atoms with Crippen molar-refractivity contribution in [3.8, 4) is 22.8 Å². The highest BCUT2D eigenvalue weighted by Crippen LogP contribution is 2.28. The maximum Gasteiger partial charge on any atom is 0.339 e. The zero-order valence-electron chi connectivity index (χ0n) is 16.9. The summed E-state index contributed by atoms with van der Waals surface area (Å²) in [4.78, 5) is 30.9. The van der Waals surface area contributed by atoms with E-state index < -0.39 is 5.97 Å². The van der Waals surface area contributed by atoms with Crippen LogP contribution in [0.2, 0.25) is 0 Å². The smallest absolute Gasteiger partial charge is 0.339 e. The third-order valence-electron chi connectivity index (χ3n) is 4.69. The van der Waals surface area contributed by atoms with Crippen molar-refractivity contribution >= 4 is 23.2 Å². The van der Waals surface area contributed by atoms with Gasteiger partial charge in [-0.15, -0.1) is 0 Å². The normalized spacial score (nSPS) is 10.6. The molecule has 0 bridgehead atoms. The fourth-order valence-electron chi connectivity index (χ4n) is 3.04. The summed E-state index contributed by atoms with van der Waals surface area (Å²) in [6.07, 6.45) is 1.62. The van der Waals surface area contributed by atoms with Crippen LogP contribution in [0.1, 0.15) is 15.9 Å². The number of hydrogen-bond donors (Lipinski definition) is 0. The van der Waals surface area contributed by atoms with Gasteiger partial charge in [0.15, 0.2) is 12.4 Å². The maximum atomic E-state index is 12.7. The van der Waals surface area contributed by atoms with Crippen LogP contribution >= 0.6 is 11.3 Å². The van der Waals surface area contributed by atoms with Crippen LogP contribution in [-0.2, 0) is 16.1 Å². The fourth-order valence-corrected chi connectivity index (χ4v) is 3.70. The third kappa shape index (κ3) is 4.90. The van der Waals surface area contributed by atoms with Crippen molar-refractivity contribution in [2.24, 2.45) is 0 Å². The summed E-state index contributed by atoms with van der Waals surface area (Å²) in [7, 11) is 1.68. The Balaban J connectivity index is 1.45. The molecule has 1 amide bonds. The number of nitrogens with zero attached hydrogens (tertiary/aromatic N) is 2. The van der Waals surface area contributed by atoms with Gasteiger partial charge in [0.05, 0.1) is 17.3 Å². The van der Waals surface area contributed by atoms with Crippen LogP contribution in [0, 0.1) is 0 Å². The summed E-state index contributed by atoms with van der Waals surface area (Å²) >= 11 is 1.57. The molecular weight excluding hydrogens is 412 g/mol. The molecule has 0 saturated heterocycles. The molecule has 31 heavy (non-hydrogen) atoms. The quantitative estimate of drug-likeness (QED) is 0.389. The second-order valence-corrected chi connectivity index (χ2v) is 7.68. The highest BCUT2D eigenvalue weighted by Gasteiger charge is 2.20. The predicted octanol–water partition coefficient (Wildman–Crippen LogP) is 4.89. The Kier molecular flexibility index (Phi) is 6.24. The number of ether oxygens (including phenoxy) is 1. The number of esters is 1. The molecule has 0 aliphatic rings. The third-order valence-corrected chi connectivity index (χ3v) is 5.43. The van der Waals surface area contributed by atoms with Crippen molar-refractivity contribution in [1.82, 2.24) is 9.88 Å². The Morgan fingerprint density at radius 3 is 2.61 bits per heavy atom. The Morgan fingerprint density at radius 1 is 1.06 bits per heavy atom. The SMILES string of the molecule is CN(Cc1ccsc1)C(=O)COC(=O)c1ccccc1-c1ncc(-c2ccccc2)o1. The van der Waals surface area contributed by atoms with Gasteiger partial charge in [-0.25, -0.2) is 9.78 Å². The van der Waals surface area contributed by atoms with E-state index in [0.29, 0.717) is 23.8 Å². The molecule has 156 valence electrons. The number of aromatic nitrogens is 1. The van der Waals surface area contributed by atoms with Gasteiger partial charge in [-0.2, -0.15) is 11.3 Å². The molecule has 0 spiro atoms. The van der Waals surface area contributed by atoms with Gasteiger partial charge in [-0.1, -0.05) is 42.5 Å². The molecule has 0 N–H and O–H groups in total. The van der Waals surface area contributed by atoms with E-state index in [1.54, 1.807) is 48.8 Å². The van der Waals surface area contributed by atoms with Crippen LogP contribution in [0.5, 0.6) is 0 Å². The summed E-state index contributed by atoms with van der Waals surface area (Å²) in [5.41, 5.74) is 2.72. The molecule has 0 atom stereocenters. The Labute approximate surface area is 183 Å². The molecule has 0 unspecified atom stereocenters. The lowest BCUT2D eigenvalue weighted by molar-refractivity contribution is -0.133. The van der Waals surface area contributed by atoms with Crippen LogP contribution in [-0.4, -0.2) is 35.4 Å². The number of oxazole rings is 1. The number of likely N-dealkylation sites (N-methyl/N-ethyl adjacent to an activating group) is 1. The summed E-state index contributed by atoms with van der Waals surface area (Å²) in [6, 6.07) is 18.4. The van der Waals surface area contributed by atoms with Crippen molar-refractivity contribution < 1.29 is 18.7 Å². The zero-order valence-corrected chi connectivity index (χ0v) is 17.7. The second-order valence-electron chi connectivity index (χ2n) is 6.90. The Morgan fingerprint density at radius 2 is 1.84 bits per heavy atom. The topological polar surface area (TPSA) is 72.6 Å². The van der Waals surface area contributed by atoms with Gasteiger partial charge in [0, 0.05) is 19.2 Å². The highest BCUT2D eigenvalue weighted by atomic mass is 32.1. The number of carbonyl (C=O) groups excluding carboxylic acids is 2. The van der Waals surface area contributed by atoms with Crippen molar-refractivity contribution in [3.05, 3.63) is 88.7 Å². The van der Waals surface area contributed by atoms with Crippen molar-refractivity contribution in [2.45, 2.75) is 6.54 Å². The number of hydrogen-bond acceptors (Lipinski definition) is 6. The summed E-state index contributed by atoms with van der Waals surface area (Å²) in [6.45, 7) is 0.129. The summed E-state index contributed by atoms with van der Waals surface area (Å²) in [5.74, 6) is 0.0307. The van der Waals surface area contributed by atoms with Crippen LogP contribution in [0.25, 0.3) is 22.8 Å². The standard InChI is InChI=1S/C24H20N2O4S/c1-26(14-17-11-12-31-16-17)22(27)15-29-24(28)20-10-6-5-9-19(20)23-25-13-21(30-23)18-7-3-2-4-8-18/h2-13,16H,14-15H2,1H3. The van der Waals surface area contributed by atoms with E-state index in [2.05, 4.69) is 4.98 Å². The molecule has 0 aliphatic heterocycles. The first-order valence-corrected chi connectivity index (χ1v) is 10.6. The number of rotatable bonds is 7. The van der Waals surface area contributed by atoms with E-state index in [4.69, 9.17) is 9.15 Å². The molecule has 0 saturated carbocycles. The number of thiophene rings is 1. The van der Waals surface area contributed by atoms with E-state index >= 15 is 0 Å². The first-order valence-electron chi connectivity index (χ1n) is 9.64. The molecule has 6 nitrogen and oxygen atoms in total. The Hall–Kier alpha value is -3.71. The van der Waals surface area contributed by atoms with Crippen molar-refractivity contribution in [2.75, 3.05) is 13.7 Å². The number of benzene rings is 2. The second kappa shape index (κ2) is 9.40. The van der Waals surface area contributed by atoms with E-state index in [1.807, 2.05) is 47.2 Å². The lowest BCUT2D eigenvalue weighted by Gasteiger charge is -2.16. The molecule has 0 aliphatic carbocycles. The van der Waals surface area contributed by atoms with Gasteiger partial charge in [0.1, 0.15) is 0 Å². The van der Waals surface area contributed by atoms with Crippen molar-refractivity contribution in [3.63, 3.8) is 0 Å². The average molecular weight is 433 g/mol. The van der Waals surface area contributed by atoms with Gasteiger partial charge in [-0.3, -0.25) is 4.79 Å². The van der Waals surface area contributed by atoms with E-state index in [9.17, 15) is 9.59 Å². The maximum absolute atomic E-state index is 12.7. The molecule has 4 aromatic rings. The minimum Gasteiger partial charge on any atom is -0.452 e. The van der Waals surface area contributed by atoms with Gasteiger partial charge < -0.3 is 14.1 Å². The van der Waals surface area contributed by atoms with E-state index in [-0.39, 0.29) is 18.1 Å². The van der Waals surface area contributed by atoms with Gasteiger partial charge in [0.25, 0.3) is 5.91 Å². The fraction of sp³-hybridized carbons (Fsp3) is 0.125. The number of amides is 1. The van der Waals surface area contributed by atoms with Crippen molar-refractivity contribution in [1.29, 1.82) is 0 Å². The molecule has 2 aromatic heterocycles. The van der Waals surface area contributed by atoms with Crippen LogP contribution in [0.4, 0.5) is 0 Å². The zero-order chi connectivity index (χ0) is 21.6. The highest BCUT2D eigenvalue weighted by molar-refractivity contribution is 7.07. The summed E-state index contributed by atoms with van der Waals surface area (Å²) in [5, 5.41) is 3.93. The lowest BCUT2D eigenvalue weighted by Crippen LogP contribution is -2.30. The Bertz CT molecular complexity index is 1170. The summed E-state index contributed by atoms with van der Waals surface area (Å²) < 4.78 is 11.2. The first kappa shape index (κ1) is 20.6. The monoisotopic (exact) mass is 432 g/mol. The van der Waals surface area contributed by atoms with Crippen LogP contribution in [0.3, 0.4) is 0 Å². The lowest BCUT2D eigenvalue weighted by atomic mass is 10.1. The number of carbonyl (C=O) groups is 2. The van der Waals surface area contributed by atoms with E-state index in [0.717, 1.165) is 11.1 Å². The minimum atomic E-state index is -0.604. The molecule has 2 aromatic carbocycles. The minimum absolute atomic E-state index is 0.278. The van der Waals surface area contributed by atoms with Gasteiger partial charge in [0.2, 0.25) is 5.89 Å². The molecule has 7 heteroatoms. The molecule has 0 radical (unpaired) electrons. The van der Waals surface area contributed by atoms with Gasteiger partial charge >= 0.3 is 5.97 Å². The van der Waals surface area contributed by atoms with Crippen LogP contribution in [0.15, 0.2) is 82.0 Å². The molecular formula is C24H20N2O4S. The molecule has 2 heterocycles. The largest absolute Gasteiger partial charge is 0.452 e. The van der Waals surface area contributed by atoms with Crippen LogP contribution < -0.4 is 0 Å². The first-order chi connectivity index (χ1) is 15.1. The molecule has 0 fully saturated rings. The average Bonchev–Trinajstić information content (AvgIpc) is 3.50. The van der Waals surface area contributed by atoms with E-state index in [1.165, 1.54) is 4.90 Å².